The van der Waals surface area contributed by atoms with E-state index in [4.69, 9.17) is 9.47 Å². The predicted molar refractivity (Wildman–Crippen MR) is 49.4 cm³/mol. The zero-order chi connectivity index (χ0) is 9.68. The van der Waals surface area contributed by atoms with Gasteiger partial charge in [0.1, 0.15) is 6.10 Å². The monoisotopic (exact) mass is 186 g/mol. The standard InChI is InChI=1S/C10H18O3/c1-3-4-10(11)13-9-5-6-12-8(2)7-9/h8-9H,3-7H2,1-2H3/t8-,9-/m1/s1. The van der Waals surface area contributed by atoms with Crippen molar-refractivity contribution in [2.75, 3.05) is 6.61 Å². The summed E-state index contributed by atoms with van der Waals surface area (Å²) in [6.45, 7) is 4.71. The van der Waals surface area contributed by atoms with Crippen LogP contribution in [0.5, 0.6) is 0 Å². The van der Waals surface area contributed by atoms with Crippen LogP contribution < -0.4 is 0 Å². The van der Waals surface area contributed by atoms with Crippen molar-refractivity contribution < 1.29 is 14.3 Å². The van der Waals surface area contributed by atoms with E-state index in [1.165, 1.54) is 0 Å². The molecule has 13 heavy (non-hydrogen) atoms. The molecule has 1 aliphatic rings. The summed E-state index contributed by atoms with van der Waals surface area (Å²) in [7, 11) is 0. The lowest BCUT2D eigenvalue weighted by Crippen LogP contribution is -2.30. The summed E-state index contributed by atoms with van der Waals surface area (Å²) < 4.78 is 10.6. The minimum absolute atomic E-state index is 0.0680. The first-order valence-corrected chi connectivity index (χ1v) is 5.03. The van der Waals surface area contributed by atoms with E-state index in [1.54, 1.807) is 0 Å². The molecule has 3 nitrogen and oxygen atoms in total. The van der Waals surface area contributed by atoms with Gasteiger partial charge in [-0.3, -0.25) is 4.79 Å². The van der Waals surface area contributed by atoms with Gasteiger partial charge in [0.15, 0.2) is 0 Å². The Bertz CT molecular complexity index is 168. The first kappa shape index (κ1) is 10.5. The molecule has 0 radical (unpaired) electrons. The van der Waals surface area contributed by atoms with Crippen molar-refractivity contribution >= 4 is 5.97 Å². The van der Waals surface area contributed by atoms with Gasteiger partial charge in [0.25, 0.3) is 0 Å². The Morgan fingerprint density at radius 2 is 2.38 bits per heavy atom. The maximum atomic E-state index is 11.2. The van der Waals surface area contributed by atoms with Gasteiger partial charge in [0, 0.05) is 19.3 Å². The summed E-state index contributed by atoms with van der Waals surface area (Å²) in [4.78, 5) is 11.2. The molecule has 0 unspecified atom stereocenters. The third kappa shape index (κ3) is 3.77. The second kappa shape index (κ2) is 5.22. The number of hydrogen-bond donors (Lipinski definition) is 0. The Morgan fingerprint density at radius 3 is 3.00 bits per heavy atom. The lowest BCUT2D eigenvalue weighted by atomic mass is 10.1. The summed E-state index contributed by atoms with van der Waals surface area (Å²) in [5.74, 6) is -0.0680. The molecule has 1 fully saturated rings. The van der Waals surface area contributed by atoms with Crippen LogP contribution in [0.2, 0.25) is 0 Å². The molecule has 0 N–H and O–H groups in total. The first-order valence-electron chi connectivity index (χ1n) is 5.03. The molecule has 0 saturated carbocycles. The number of esters is 1. The fourth-order valence-electron chi connectivity index (χ4n) is 1.51. The maximum absolute atomic E-state index is 11.2. The molecule has 0 aromatic carbocycles. The highest BCUT2D eigenvalue weighted by molar-refractivity contribution is 5.69. The van der Waals surface area contributed by atoms with Crippen molar-refractivity contribution in [1.29, 1.82) is 0 Å². The number of rotatable bonds is 3. The molecule has 0 bridgehead atoms. The van der Waals surface area contributed by atoms with Crippen molar-refractivity contribution in [2.45, 2.75) is 51.7 Å². The Hall–Kier alpha value is -0.570. The van der Waals surface area contributed by atoms with E-state index in [0.717, 1.165) is 19.3 Å². The minimum atomic E-state index is -0.0680. The summed E-state index contributed by atoms with van der Waals surface area (Å²) in [5, 5.41) is 0. The molecular weight excluding hydrogens is 168 g/mol. The summed E-state index contributed by atoms with van der Waals surface area (Å²) in [6.07, 6.45) is 3.40. The second-order valence-corrected chi connectivity index (χ2v) is 3.57. The van der Waals surface area contributed by atoms with Gasteiger partial charge in [0.2, 0.25) is 0 Å². The summed E-state index contributed by atoms with van der Waals surface area (Å²) >= 11 is 0. The molecule has 0 aromatic rings. The van der Waals surface area contributed by atoms with Crippen molar-refractivity contribution in [1.82, 2.24) is 0 Å². The SMILES string of the molecule is CCCC(=O)O[C@@H]1CCO[C@H](C)C1. The quantitative estimate of drug-likeness (QED) is 0.631. The molecule has 76 valence electrons. The third-order valence-electron chi connectivity index (χ3n) is 2.19. The highest BCUT2D eigenvalue weighted by atomic mass is 16.6. The molecule has 1 heterocycles. The average Bonchev–Trinajstić information content (AvgIpc) is 2.04. The van der Waals surface area contributed by atoms with Gasteiger partial charge in [-0.25, -0.2) is 0 Å². The third-order valence-corrected chi connectivity index (χ3v) is 2.19. The molecular formula is C10H18O3. The zero-order valence-corrected chi connectivity index (χ0v) is 8.41. The van der Waals surface area contributed by atoms with Crippen LogP contribution in [-0.2, 0) is 14.3 Å². The van der Waals surface area contributed by atoms with Crippen molar-refractivity contribution in [3.8, 4) is 0 Å². The van der Waals surface area contributed by atoms with E-state index in [-0.39, 0.29) is 18.2 Å². The number of carbonyl (C=O) groups excluding carboxylic acids is 1. The van der Waals surface area contributed by atoms with Crippen LogP contribution in [0, 0.1) is 0 Å². The predicted octanol–water partition coefficient (Wildman–Crippen LogP) is 1.90. The van der Waals surface area contributed by atoms with Crippen LogP contribution >= 0.6 is 0 Å². The molecule has 0 aromatic heterocycles. The lowest BCUT2D eigenvalue weighted by molar-refractivity contribution is -0.155. The number of ether oxygens (including phenoxy) is 2. The van der Waals surface area contributed by atoms with E-state index >= 15 is 0 Å². The molecule has 1 aliphatic heterocycles. The van der Waals surface area contributed by atoms with E-state index in [1.807, 2.05) is 13.8 Å². The molecule has 0 aliphatic carbocycles. The van der Waals surface area contributed by atoms with Crippen molar-refractivity contribution in [2.24, 2.45) is 0 Å². The smallest absolute Gasteiger partial charge is 0.306 e. The summed E-state index contributed by atoms with van der Waals surface area (Å²) in [5.41, 5.74) is 0. The Labute approximate surface area is 79.4 Å². The normalized spacial score (nSPS) is 28.5. The molecule has 3 heteroatoms. The first-order chi connectivity index (χ1) is 6.22. The number of carbonyl (C=O) groups is 1. The van der Waals surface area contributed by atoms with Crippen LogP contribution in [0.3, 0.4) is 0 Å². The topological polar surface area (TPSA) is 35.5 Å². The second-order valence-electron chi connectivity index (χ2n) is 3.57. The van der Waals surface area contributed by atoms with E-state index in [2.05, 4.69) is 0 Å². The molecule has 0 amide bonds. The lowest BCUT2D eigenvalue weighted by Gasteiger charge is -2.26. The largest absolute Gasteiger partial charge is 0.462 e. The molecule has 0 spiro atoms. The molecule has 1 saturated heterocycles. The van der Waals surface area contributed by atoms with Crippen LogP contribution in [-0.4, -0.2) is 24.8 Å². The highest BCUT2D eigenvalue weighted by Gasteiger charge is 2.22. The van der Waals surface area contributed by atoms with Crippen molar-refractivity contribution in [3.63, 3.8) is 0 Å². The van der Waals surface area contributed by atoms with Crippen LogP contribution in [0.1, 0.15) is 39.5 Å². The zero-order valence-electron chi connectivity index (χ0n) is 8.41. The van der Waals surface area contributed by atoms with E-state index in [9.17, 15) is 4.79 Å². The fraction of sp³-hybridized carbons (Fsp3) is 0.900. The Morgan fingerprint density at radius 1 is 1.62 bits per heavy atom. The fourth-order valence-corrected chi connectivity index (χ4v) is 1.51. The number of hydrogen-bond acceptors (Lipinski definition) is 3. The maximum Gasteiger partial charge on any atom is 0.306 e. The molecule has 2 atom stereocenters. The van der Waals surface area contributed by atoms with Gasteiger partial charge in [-0.05, 0) is 13.3 Å². The van der Waals surface area contributed by atoms with Gasteiger partial charge in [-0.15, -0.1) is 0 Å². The van der Waals surface area contributed by atoms with Gasteiger partial charge < -0.3 is 9.47 Å². The van der Waals surface area contributed by atoms with Gasteiger partial charge in [-0.2, -0.15) is 0 Å². The minimum Gasteiger partial charge on any atom is -0.462 e. The van der Waals surface area contributed by atoms with E-state index in [0.29, 0.717) is 13.0 Å². The Balaban J connectivity index is 2.23. The van der Waals surface area contributed by atoms with Gasteiger partial charge in [0.05, 0.1) is 12.7 Å². The van der Waals surface area contributed by atoms with Crippen molar-refractivity contribution in [3.05, 3.63) is 0 Å². The Kier molecular flexibility index (Phi) is 4.22. The highest BCUT2D eigenvalue weighted by Crippen LogP contribution is 2.16. The molecule has 1 rings (SSSR count). The van der Waals surface area contributed by atoms with Crippen LogP contribution in [0.25, 0.3) is 0 Å². The van der Waals surface area contributed by atoms with Gasteiger partial charge >= 0.3 is 5.97 Å². The van der Waals surface area contributed by atoms with Crippen LogP contribution in [0.15, 0.2) is 0 Å². The average molecular weight is 186 g/mol. The van der Waals surface area contributed by atoms with Gasteiger partial charge in [-0.1, -0.05) is 6.92 Å². The van der Waals surface area contributed by atoms with Crippen LogP contribution in [0.4, 0.5) is 0 Å². The summed E-state index contributed by atoms with van der Waals surface area (Å²) in [6, 6.07) is 0. The van der Waals surface area contributed by atoms with E-state index < -0.39 is 0 Å².